The molecule has 0 atom stereocenters. The molecule has 1 aromatic carbocycles. The van der Waals surface area contributed by atoms with Crippen LogP contribution in [0, 0.1) is 12.3 Å². The zero-order valence-electron chi connectivity index (χ0n) is 17.6. The van der Waals surface area contributed by atoms with Gasteiger partial charge in [-0.1, -0.05) is 17.7 Å². The first-order valence-corrected chi connectivity index (χ1v) is 10.8. The van der Waals surface area contributed by atoms with E-state index in [1.807, 2.05) is 4.68 Å². The predicted molar refractivity (Wildman–Crippen MR) is 114 cm³/mol. The third-order valence-electron chi connectivity index (χ3n) is 6.41. The van der Waals surface area contributed by atoms with E-state index in [1.54, 1.807) is 7.11 Å². The monoisotopic (exact) mass is 396 g/mol. The Morgan fingerprint density at radius 2 is 1.93 bits per heavy atom. The minimum absolute atomic E-state index is 0.00917. The van der Waals surface area contributed by atoms with Gasteiger partial charge in [0.1, 0.15) is 0 Å². The first-order chi connectivity index (χ1) is 14.1. The molecular weight excluding hydrogens is 364 g/mol. The van der Waals surface area contributed by atoms with Crippen LogP contribution in [0.3, 0.4) is 0 Å². The fraction of sp³-hybridized carbons (Fsp3) is 0.565. The minimum atomic E-state index is -0.0528. The Morgan fingerprint density at radius 3 is 2.66 bits per heavy atom. The van der Waals surface area contributed by atoms with Crippen molar-refractivity contribution < 1.29 is 9.53 Å². The Balaban J connectivity index is 1.57. The van der Waals surface area contributed by atoms with Crippen LogP contribution < -0.4 is 10.6 Å². The fourth-order valence-corrected chi connectivity index (χ4v) is 4.67. The van der Waals surface area contributed by atoms with Crippen LogP contribution in [0.1, 0.15) is 53.0 Å². The molecule has 1 aliphatic heterocycles. The zero-order valence-corrected chi connectivity index (χ0v) is 17.6. The smallest absolute Gasteiger partial charge is 0.272 e. The first-order valence-electron chi connectivity index (χ1n) is 10.8. The van der Waals surface area contributed by atoms with Crippen LogP contribution in [-0.4, -0.2) is 49.0 Å². The van der Waals surface area contributed by atoms with Gasteiger partial charge in [0.15, 0.2) is 5.69 Å². The summed E-state index contributed by atoms with van der Waals surface area (Å²) in [6.45, 7) is 5.32. The average molecular weight is 397 g/mol. The molecule has 6 nitrogen and oxygen atoms in total. The highest BCUT2D eigenvalue weighted by atomic mass is 16.5. The van der Waals surface area contributed by atoms with Gasteiger partial charge in [-0.2, -0.15) is 5.10 Å². The van der Waals surface area contributed by atoms with Gasteiger partial charge in [-0.05, 0) is 70.7 Å². The predicted octanol–water partition coefficient (Wildman–Crippen LogP) is 2.81. The molecule has 4 rings (SSSR count). The van der Waals surface area contributed by atoms with Gasteiger partial charge in [0.2, 0.25) is 0 Å². The van der Waals surface area contributed by atoms with Crippen molar-refractivity contribution in [2.45, 2.75) is 45.4 Å². The number of methoxy groups -OCH3 is 1. The highest BCUT2D eigenvalue weighted by molar-refractivity contribution is 5.94. The molecule has 0 bridgehead atoms. The van der Waals surface area contributed by atoms with Crippen LogP contribution in [0.5, 0.6) is 0 Å². The number of ether oxygens (including phenoxy) is 1. The van der Waals surface area contributed by atoms with Gasteiger partial charge in [0, 0.05) is 30.3 Å². The van der Waals surface area contributed by atoms with Gasteiger partial charge in [0.25, 0.3) is 5.91 Å². The Labute approximate surface area is 173 Å². The van der Waals surface area contributed by atoms with Gasteiger partial charge in [0.05, 0.1) is 12.3 Å². The SMILES string of the molecule is COCC1(CNC(=O)c2nn(-c3ccc(C)cc3)c3c2CCCC3)CCNCC1. The Morgan fingerprint density at radius 1 is 1.21 bits per heavy atom. The lowest BCUT2D eigenvalue weighted by Crippen LogP contribution is -2.47. The largest absolute Gasteiger partial charge is 0.384 e. The van der Waals surface area contributed by atoms with Crippen molar-refractivity contribution in [2.75, 3.05) is 33.4 Å². The van der Waals surface area contributed by atoms with E-state index in [0.717, 1.165) is 62.9 Å². The second-order valence-electron chi connectivity index (χ2n) is 8.59. The number of carbonyl (C=O) groups excluding carboxylic acids is 1. The molecule has 0 saturated carbocycles. The number of rotatable bonds is 6. The zero-order chi connectivity index (χ0) is 20.3. The number of amides is 1. The highest BCUT2D eigenvalue weighted by Crippen LogP contribution is 2.30. The van der Waals surface area contributed by atoms with Crippen molar-refractivity contribution in [1.29, 1.82) is 0 Å². The number of carbonyl (C=O) groups is 1. The summed E-state index contributed by atoms with van der Waals surface area (Å²) in [4.78, 5) is 13.2. The lowest BCUT2D eigenvalue weighted by molar-refractivity contribution is 0.0510. The van der Waals surface area contributed by atoms with Crippen LogP contribution in [0.25, 0.3) is 5.69 Å². The van der Waals surface area contributed by atoms with E-state index in [-0.39, 0.29) is 11.3 Å². The topological polar surface area (TPSA) is 68.2 Å². The fourth-order valence-electron chi connectivity index (χ4n) is 4.67. The maximum Gasteiger partial charge on any atom is 0.272 e. The number of benzene rings is 1. The second kappa shape index (κ2) is 8.67. The molecule has 1 saturated heterocycles. The molecule has 6 heteroatoms. The summed E-state index contributed by atoms with van der Waals surface area (Å²) in [5.74, 6) is -0.0528. The van der Waals surface area contributed by atoms with Crippen molar-refractivity contribution in [1.82, 2.24) is 20.4 Å². The summed E-state index contributed by atoms with van der Waals surface area (Å²) >= 11 is 0. The summed E-state index contributed by atoms with van der Waals surface area (Å²) in [6.07, 6.45) is 6.19. The molecule has 1 aromatic heterocycles. The summed E-state index contributed by atoms with van der Waals surface area (Å²) in [5, 5.41) is 11.4. The van der Waals surface area contributed by atoms with Crippen LogP contribution in [0.4, 0.5) is 0 Å². The Kier molecular flexibility index (Phi) is 6.01. The molecule has 0 radical (unpaired) electrons. The van der Waals surface area contributed by atoms with E-state index in [9.17, 15) is 4.79 Å². The van der Waals surface area contributed by atoms with Gasteiger partial charge >= 0.3 is 0 Å². The number of hydrogen-bond donors (Lipinski definition) is 2. The summed E-state index contributed by atoms with van der Waals surface area (Å²) in [6, 6.07) is 8.36. The molecular formula is C23H32N4O2. The normalized spacial score (nSPS) is 18.3. The molecule has 2 aromatic rings. The lowest BCUT2D eigenvalue weighted by Gasteiger charge is -2.37. The average Bonchev–Trinajstić information content (AvgIpc) is 3.13. The molecule has 1 amide bonds. The van der Waals surface area contributed by atoms with Crippen molar-refractivity contribution in [3.05, 3.63) is 46.8 Å². The molecule has 1 aliphatic carbocycles. The minimum Gasteiger partial charge on any atom is -0.384 e. The van der Waals surface area contributed by atoms with E-state index in [4.69, 9.17) is 9.84 Å². The van der Waals surface area contributed by atoms with E-state index in [2.05, 4.69) is 41.8 Å². The lowest BCUT2D eigenvalue weighted by atomic mass is 9.79. The highest BCUT2D eigenvalue weighted by Gasteiger charge is 2.33. The van der Waals surface area contributed by atoms with E-state index >= 15 is 0 Å². The second-order valence-corrected chi connectivity index (χ2v) is 8.59. The number of fused-ring (bicyclic) bond motifs is 1. The van der Waals surface area contributed by atoms with E-state index in [0.29, 0.717) is 18.8 Å². The molecule has 2 heterocycles. The molecule has 2 aliphatic rings. The van der Waals surface area contributed by atoms with Crippen LogP contribution in [-0.2, 0) is 17.6 Å². The van der Waals surface area contributed by atoms with Crippen molar-refractivity contribution in [3.63, 3.8) is 0 Å². The van der Waals surface area contributed by atoms with Crippen molar-refractivity contribution in [2.24, 2.45) is 5.41 Å². The van der Waals surface area contributed by atoms with Gasteiger partial charge in [-0.15, -0.1) is 0 Å². The quantitative estimate of drug-likeness (QED) is 0.788. The maximum atomic E-state index is 13.2. The summed E-state index contributed by atoms with van der Waals surface area (Å²) in [5.41, 5.74) is 5.18. The van der Waals surface area contributed by atoms with E-state index < -0.39 is 0 Å². The number of piperidine rings is 1. The first kappa shape index (κ1) is 20.1. The molecule has 0 unspecified atom stereocenters. The molecule has 1 fully saturated rings. The summed E-state index contributed by atoms with van der Waals surface area (Å²) < 4.78 is 7.47. The molecule has 2 N–H and O–H groups in total. The van der Waals surface area contributed by atoms with Crippen molar-refractivity contribution >= 4 is 5.91 Å². The third kappa shape index (κ3) is 4.23. The third-order valence-corrected chi connectivity index (χ3v) is 6.41. The van der Waals surface area contributed by atoms with Crippen LogP contribution >= 0.6 is 0 Å². The maximum absolute atomic E-state index is 13.2. The van der Waals surface area contributed by atoms with Gasteiger partial charge < -0.3 is 15.4 Å². The number of aromatic nitrogens is 2. The molecule has 29 heavy (non-hydrogen) atoms. The molecule has 156 valence electrons. The number of nitrogens with one attached hydrogen (secondary N) is 2. The Hall–Kier alpha value is -2.18. The number of hydrogen-bond acceptors (Lipinski definition) is 4. The van der Waals surface area contributed by atoms with E-state index in [1.165, 1.54) is 11.3 Å². The van der Waals surface area contributed by atoms with Crippen LogP contribution in [0.15, 0.2) is 24.3 Å². The Bertz CT molecular complexity index is 845. The van der Waals surface area contributed by atoms with Crippen molar-refractivity contribution in [3.8, 4) is 5.69 Å². The standard InChI is InChI=1S/C23H32N4O2/c1-17-7-9-18(10-8-17)27-20-6-4-3-5-19(20)21(26-27)22(28)25-15-23(16-29-2)11-13-24-14-12-23/h7-10,24H,3-6,11-16H2,1-2H3,(H,25,28). The van der Waals surface area contributed by atoms with Gasteiger partial charge in [-0.3, -0.25) is 4.79 Å². The van der Waals surface area contributed by atoms with Gasteiger partial charge in [-0.25, -0.2) is 4.68 Å². The van der Waals surface area contributed by atoms with Crippen LogP contribution in [0.2, 0.25) is 0 Å². The summed E-state index contributed by atoms with van der Waals surface area (Å²) in [7, 11) is 1.74. The molecule has 0 spiro atoms. The number of nitrogens with zero attached hydrogens (tertiary/aromatic N) is 2. The number of aryl methyl sites for hydroxylation is 1.